The van der Waals surface area contributed by atoms with E-state index in [0.717, 1.165) is 83.8 Å². The molecule has 2 fully saturated rings. The van der Waals surface area contributed by atoms with Gasteiger partial charge >= 0.3 is 0 Å². The smallest absolute Gasteiger partial charge is 0.253 e. The van der Waals surface area contributed by atoms with Gasteiger partial charge in [0, 0.05) is 49.5 Å². The number of carbonyl (C=O) groups excluding carboxylic acids is 1. The minimum atomic E-state index is 0.109. The number of hydrogen-bond donors (Lipinski definition) is 1. The summed E-state index contributed by atoms with van der Waals surface area (Å²) in [4.78, 5) is 27.2. The lowest BCUT2D eigenvalue weighted by Gasteiger charge is -2.29. The van der Waals surface area contributed by atoms with Gasteiger partial charge in [0.15, 0.2) is 0 Å². The van der Waals surface area contributed by atoms with Crippen molar-refractivity contribution in [1.82, 2.24) is 25.1 Å². The van der Waals surface area contributed by atoms with Crippen molar-refractivity contribution < 1.29 is 9.53 Å². The zero-order valence-electron chi connectivity index (χ0n) is 19.6. The lowest BCUT2D eigenvalue weighted by Crippen LogP contribution is -2.36. The molecule has 1 N–H and O–H groups in total. The van der Waals surface area contributed by atoms with Gasteiger partial charge in [-0.1, -0.05) is 12.1 Å². The van der Waals surface area contributed by atoms with Gasteiger partial charge in [-0.25, -0.2) is 4.98 Å². The number of nitrogens with one attached hydrogen (secondary N) is 1. The van der Waals surface area contributed by atoms with E-state index in [2.05, 4.69) is 32.2 Å². The van der Waals surface area contributed by atoms with Crippen LogP contribution in [0.3, 0.4) is 0 Å². The van der Waals surface area contributed by atoms with Gasteiger partial charge in [0.1, 0.15) is 17.0 Å². The fourth-order valence-corrected chi connectivity index (χ4v) is 5.02. The Kier molecular flexibility index (Phi) is 5.88. The average Bonchev–Trinajstić information content (AvgIpc) is 3.48. The van der Waals surface area contributed by atoms with Crippen LogP contribution in [0.5, 0.6) is 0 Å². The molecule has 6 rings (SSSR count). The van der Waals surface area contributed by atoms with Gasteiger partial charge in [-0.2, -0.15) is 5.10 Å². The van der Waals surface area contributed by atoms with Gasteiger partial charge < -0.3 is 14.5 Å². The third kappa shape index (κ3) is 4.25. The minimum absolute atomic E-state index is 0.109. The normalized spacial score (nSPS) is 16.6. The van der Waals surface area contributed by atoms with Crippen molar-refractivity contribution in [2.75, 3.05) is 44.3 Å². The summed E-state index contributed by atoms with van der Waals surface area (Å²) in [5.74, 6) is 0.996. The van der Waals surface area contributed by atoms with Crippen LogP contribution in [-0.2, 0) is 4.74 Å². The van der Waals surface area contributed by atoms with Crippen LogP contribution in [0.2, 0.25) is 0 Å². The number of benzene rings is 1. The second-order valence-electron chi connectivity index (χ2n) is 9.09. The Balaban J connectivity index is 1.49. The zero-order chi connectivity index (χ0) is 23.6. The number of fused-ring (bicyclic) bond motifs is 1. The SMILES string of the molecule is O=C(c1cccc(-c2cc(N3CCOCC3)nc3c(-c4ccn[nH]4)nccc23)c1)N1CCCCC1. The van der Waals surface area contributed by atoms with Crippen molar-refractivity contribution in [3.8, 4) is 22.5 Å². The monoisotopic (exact) mass is 468 g/mol. The second kappa shape index (κ2) is 9.46. The predicted octanol–water partition coefficient (Wildman–Crippen LogP) is 4.15. The maximum Gasteiger partial charge on any atom is 0.253 e. The van der Waals surface area contributed by atoms with E-state index in [0.29, 0.717) is 13.2 Å². The van der Waals surface area contributed by atoms with Crippen LogP contribution in [-0.4, -0.2) is 70.4 Å². The zero-order valence-corrected chi connectivity index (χ0v) is 19.6. The van der Waals surface area contributed by atoms with Crippen molar-refractivity contribution in [2.45, 2.75) is 19.3 Å². The molecule has 0 atom stereocenters. The molecule has 0 unspecified atom stereocenters. The number of aromatic nitrogens is 4. The molecular weight excluding hydrogens is 440 g/mol. The highest BCUT2D eigenvalue weighted by atomic mass is 16.5. The number of likely N-dealkylation sites (tertiary alicyclic amines) is 1. The second-order valence-corrected chi connectivity index (χ2v) is 9.09. The lowest BCUT2D eigenvalue weighted by molar-refractivity contribution is 0.0724. The number of pyridine rings is 2. The van der Waals surface area contributed by atoms with E-state index in [1.54, 1.807) is 12.4 Å². The first-order chi connectivity index (χ1) is 17.3. The maximum atomic E-state index is 13.2. The first kappa shape index (κ1) is 21.7. The highest BCUT2D eigenvalue weighted by Gasteiger charge is 2.21. The van der Waals surface area contributed by atoms with Gasteiger partial charge in [0.25, 0.3) is 5.91 Å². The summed E-state index contributed by atoms with van der Waals surface area (Å²) in [7, 11) is 0. The van der Waals surface area contributed by atoms with Crippen molar-refractivity contribution in [3.63, 3.8) is 0 Å². The molecule has 2 aliphatic rings. The lowest BCUT2D eigenvalue weighted by atomic mass is 9.98. The first-order valence-corrected chi connectivity index (χ1v) is 12.3. The summed E-state index contributed by atoms with van der Waals surface area (Å²) in [6, 6.07) is 14.0. The molecule has 8 heteroatoms. The highest BCUT2D eigenvalue weighted by molar-refractivity contribution is 6.03. The summed E-state index contributed by atoms with van der Waals surface area (Å²) in [6.07, 6.45) is 6.88. The fourth-order valence-electron chi connectivity index (χ4n) is 5.02. The number of morpholine rings is 1. The highest BCUT2D eigenvalue weighted by Crippen LogP contribution is 2.35. The molecule has 2 aliphatic heterocycles. The summed E-state index contributed by atoms with van der Waals surface area (Å²) >= 11 is 0. The van der Waals surface area contributed by atoms with Crippen LogP contribution in [0.25, 0.3) is 33.4 Å². The Labute approximate surface area is 203 Å². The largest absolute Gasteiger partial charge is 0.378 e. The van der Waals surface area contributed by atoms with Crippen LogP contribution in [0.15, 0.2) is 54.9 Å². The molecule has 8 nitrogen and oxygen atoms in total. The molecule has 1 amide bonds. The van der Waals surface area contributed by atoms with Crippen LogP contribution in [0, 0.1) is 0 Å². The topological polar surface area (TPSA) is 87.2 Å². The quantitative estimate of drug-likeness (QED) is 0.484. The molecule has 0 saturated carbocycles. The Morgan fingerprint density at radius 1 is 0.943 bits per heavy atom. The van der Waals surface area contributed by atoms with E-state index in [1.165, 1.54) is 6.42 Å². The first-order valence-electron chi connectivity index (χ1n) is 12.3. The average molecular weight is 469 g/mol. The van der Waals surface area contributed by atoms with Crippen molar-refractivity contribution in [1.29, 1.82) is 0 Å². The molecule has 2 saturated heterocycles. The molecule has 35 heavy (non-hydrogen) atoms. The molecule has 5 heterocycles. The molecule has 1 aromatic carbocycles. The Morgan fingerprint density at radius 2 is 1.80 bits per heavy atom. The number of nitrogens with zero attached hydrogens (tertiary/aromatic N) is 5. The van der Waals surface area contributed by atoms with Crippen LogP contribution in [0.1, 0.15) is 29.6 Å². The Hall–Kier alpha value is -3.78. The molecule has 0 aliphatic carbocycles. The Bertz CT molecular complexity index is 1340. The molecule has 178 valence electrons. The maximum absolute atomic E-state index is 13.2. The molecule has 0 radical (unpaired) electrons. The van der Waals surface area contributed by atoms with Crippen molar-refractivity contribution >= 4 is 22.6 Å². The van der Waals surface area contributed by atoms with Gasteiger partial charge in [-0.3, -0.25) is 14.9 Å². The number of rotatable bonds is 4. The van der Waals surface area contributed by atoms with Gasteiger partial charge in [0.2, 0.25) is 0 Å². The van der Waals surface area contributed by atoms with E-state index < -0.39 is 0 Å². The number of amides is 1. The van der Waals surface area contributed by atoms with Crippen molar-refractivity contribution in [2.24, 2.45) is 0 Å². The van der Waals surface area contributed by atoms with Crippen LogP contribution in [0.4, 0.5) is 5.82 Å². The van der Waals surface area contributed by atoms with Gasteiger partial charge in [-0.05, 0) is 60.7 Å². The van der Waals surface area contributed by atoms with Crippen LogP contribution >= 0.6 is 0 Å². The van der Waals surface area contributed by atoms with Crippen molar-refractivity contribution in [3.05, 3.63) is 60.4 Å². The van der Waals surface area contributed by atoms with E-state index in [4.69, 9.17) is 9.72 Å². The number of ether oxygens (including phenoxy) is 1. The standard InChI is InChI=1S/C27H28N6O2/c34-27(33-11-2-1-3-12-33)20-6-4-5-19(17-20)22-18-24(32-13-15-35-16-14-32)30-25-21(22)7-9-28-26(25)23-8-10-29-31-23/h4-10,17-18H,1-3,11-16H2,(H,29,31). The molecule has 3 aromatic heterocycles. The number of aromatic amines is 1. The van der Waals surface area contributed by atoms with Gasteiger partial charge in [-0.15, -0.1) is 0 Å². The molecule has 0 spiro atoms. The molecular formula is C27H28N6O2. The number of carbonyl (C=O) groups is 1. The van der Waals surface area contributed by atoms with E-state index in [-0.39, 0.29) is 5.91 Å². The van der Waals surface area contributed by atoms with E-state index in [9.17, 15) is 4.79 Å². The third-order valence-electron chi connectivity index (χ3n) is 6.87. The van der Waals surface area contributed by atoms with Gasteiger partial charge in [0.05, 0.1) is 18.9 Å². The van der Waals surface area contributed by atoms with E-state index in [1.807, 2.05) is 35.2 Å². The van der Waals surface area contributed by atoms with E-state index >= 15 is 0 Å². The number of hydrogen-bond acceptors (Lipinski definition) is 6. The minimum Gasteiger partial charge on any atom is -0.378 e. The summed E-state index contributed by atoms with van der Waals surface area (Å²) in [5, 5.41) is 8.13. The predicted molar refractivity (Wildman–Crippen MR) is 135 cm³/mol. The third-order valence-corrected chi connectivity index (χ3v) is 6.87. The Morgan fingerprint density at radius 3 is 2.60 bits per heavy atom. The molecule has 4 aromatic rings. The summed E-state index contributed by atoms with van der Waals surface area (Å²) < 4.78 is 5.57. The number of H-pyrrole nitrogens is 1. The number of anilines is 1. The summed E-state index contributed by atoms with van der Waals surface area (Å²) in [5.41, 5.74) is 5.15. The number of piperidine rings is 1. The van der Waals surface area contributed by atoms with Crippen LogP contribution < -0.4 is 4.90 Å². The molecule has 0 bridgehead atoms. The summed E-state index contributed by atoms with van der Waals surface area (Å²) in [6.45, 7) is 4.59. The fraction of sp³-hybridized carbons (Fsp3) is 0.333.